The van der Waals surface area contributed by atoms with Gasteiger partial charge in [-0.2, -0.15) is 4.68 Å². The lowest BCUT2D eigenvalue weighted by Gasteiger charge is -2.13. The Labute approximate surface area is 112 Å². The smallest absolute Gasteiger partial charge is 0.173 e. The lowest BCUT2D eigenvalue weighted by atomic mass is 10.1. The van der Waals surface area contributed by atoms with Crippen LogP contribution in [0.25, 0.3) is 5.69 Å². The molecule has 0 fully saturated rings. The maximum atomic E-state index is 5.14. The van der Waals surface area contributed by atoms with Gasteiger partial charge in [0.1, 0.15) is 0 Å². The van der Waals surface area contributed by atoms with E-state index in [4.69, 9.17) is 4.74 Å². The van der Waals surface area contributed by atoms with Crippen molar-refractivity contribution in [3.8, 4) is 5.69 Å². The van der Waals surface area contributed by atoms with Crippen LogP contribution in [0.3, 0.4) is 0 Å². The van der Waals surface area contributed by atoms with Crippen molar-refractivity contribution in [3.05, 3.63) is 35.7 Å². The van der Waals surface area contributed by atoms with E-state index in [1.807, 2.05) is 32.2 Å². The van der Waals surface area contributed by atoms with Gasteiger partial charge in [-0.15, -0.1) is 5.10 Å². The SMILES string of the molecule is CNC(C)c1nnnn1-c1ccccc1CCOC. The van der Waals surface area contributed by atoms with Gasteiger partial charge >= 0.3 is 0 Å². The van der Waals surface area contributed by atoms with Gasteiger partial charge in [-0.25, -0.2) is 0 Å². The molecule has 0 saturated carbocycles. The van der Waals surface area contributed by atoms with E-state index in [2.05, 4.69) is 26.9 Å². The predicted molar refractivity (Wildman–Crippen MR) is 72.2 cm³/mol. The number of aromatic nitrogens is 4. The minimum atomic E-state index is 0.0884. The molecular formula is C13H19N5O. The number of ether oxygens (including phenoxy) is 1. The zero-order chi connectivity index (χ0) is 13.7. The molecule has 1 atom stereocenters. The number of benzene rings is 1. The van der Waals surface area contributed by atoms with Crippen LogP contribution in [0.2, 0.25) is 0 Å². The molecule has 0 saturated heterocycles. The highest BCUT2D eigenvalue weighted by Gasteiger charge is 2.15. The van der Waals surface area contributed by atoms with Crippen molar-refractivity contribution >= 4 is 0 Å². The molecule has 102 valence electrons. The molecule has 1 heterocycles. The zero-order valence-corrected chi connectivity index (χ0v) is 11.5. The van der Waals surface area contributed by atoms with Crippen LogP contribution in [0.5, 0.6) is 0 Å². The van der Waals surface area contributed by atoms with Crippen LogP contribution in [-0.2, 0) is 11.2 Å². The summed E-state index contributed by atoms with van der Waals surface area (Å²) in [4.78, 5) is 0. The Morgan fingerprint density at radius 3 is 2.89 bits per heavy atom. The van der Waals surface area contributed by atoms with Gasteiger partial charge in [0.15, 0.2) is 5.82 Å². The van der Waals surface area contributed by atoms with Crippen LogP contribution in [0, 0.1) is 0 Å². The zero-order valence-electron chi connectivity index (χ0n) is 11.5. The van der Waals surface area contributed by atoms with Gasteiger partial charge in [0.05, 0.1) is 18.3 Å². The Hall–Kier alpha value is -1.79. The van der Waals surface area contributed by atoms with Gasteiger partial charge in [-0.05, 0) is 42.4 Å². The fourth-order valence-corrected chi connectivity index (χ4v) is 1.91. The second kappa shape index (κ2) is 6.40. The van der Waals surface area contributed by atoms with Crippen LogP contribution in [-0.4, -0.2) is 41.0 Å². The van der Waals surface area contributed by atoms with Crippen molar-refractivity contribution < 1.29 is 4.74 Å². The number of hydrogen-bond acceptors (Lipinski definition) is 5. The van der Waals surface area contributed by atoms with E-state index in [0.717, 1.165) is 17.9 Å². The Balaban J connectivity index is 2.38. The molecule has 0 aliphatic carbocycles. The first-order chi connectivity index (χ1) is 9.27. The van der Waals surface area contributed by atoms with Crippen LogP contribution < -0.4 is 5.32 Å². The minimum absolute atomic E-state index is 0.0884. The molecule has 0 bridgehead atoms. The van der Waals surface area contributed by atoms with E-state index in [-0.39, 0.29) is 6.04 Å². The van der Waals surface area contributed by atoms with Crippen molar-refractivity contribution in [1.29, 1.82) is 0 Å². The summed E-state index contributed by atoms with van der Waals surface area (Å²) in [7, 11) is 3.59. The molecule has 19 heavy (non-hydrogen) atoms. The maximum Gasteiger partial charge on any atom is 0.173 e. The molecule has 0 aliphatic heterocycles. The molecule has 0 spiro atoms. The predicted octanol–water partition coefficient (Wildman–Crippen LogP) is 1.13. The molecule has 1 unspecified atom stereocenters. The summed E-state index contributed by atoms with van der Waals surface area (Å²) in [5, 5.41) is 15.1. The summed E-state index contributed by atoms with van der Waals surface area (Å²) >= 11 is 0. The summed E-state index contributed by atoms with van der Waals surface area (Å²) in [5.41, 5.74) is 2.17. The fraction of sp³-hybridized carbons (Fsp3) is 0.462. The Kier molecular flexibility index (Phi) is 4.59. The van der Waals surface area contributed by atoms with Gasteiger partial charge in [-0.3, -0.25) is 0 Å². The van der Waals surface area contributed by atoms with Crippen LogP contribution in [0.15, 0.2) is 24.3 Å². The minimum Gasteiger partial charge on any atom is -0.384 e. The van der Waals surface area contributed by atoms with Gasteiger partial charge in [0.25, 0.3) is 0 Å². The summed E-state index contributed by atoms with van der Waals surface area (Å²) in [5.74, 6) is 0.798. The normalized spacial score (nSPS) is 12.6. The highest BCUT2D eigenvalue weighted by atomic mass is 16.5. The first kappa shape index (κ1) is 13.6. The van der Waals surface area contributed by atoms with E-state index in [9.17, 15) is 0 Å². The molecule has 6 heteroatoms. The molecule has 2 rings (SSSR count). The van der Waals surface area contributed by atoms with Gasteiger partial charge in [0.2, 0.25) is 0 Å². The molecule has 1 aromatic carbocycles. The lowest BCUT2D eigenvalue weighted by molar-refractivity contribution is 0.202. The molecule has 0 aliphatic rings. The summed E-state index contributed by atoms with van der Waals surface area (Å²) in [6.45, 7) is 2.70. The Morgan fingerprint density at radius 1 is 1.37 bits per heavy atom. The molecule has 2 aromatic rings. The van der Waals surface area contributed by atoms with Crippen molar-refractivity contribution in [2.24, 2.45) is 0 Å². The highest BCUT2D eigenvalue weighted by Crippen LogP contribution is 2.18. The first-order valence-corrected chi connectivity index (χ1v) is 6.30. The highest BCUT2D eigenvalue weighted by molar-refractivity contribution is 5.41. The molecule has 6 nitrogen and oxygen atoms in total. The summed E-state index contributed by atoms with van der Waals surface area (Å²) in [6.07, 6.45) is 0.833. The third kappa shape index (κ3) is 2.97. The Bertz CT molecular complexity index is 525. The number of rotatable bonds is 6. The van der Waals surface area contributed by atoms with Gasteiger partial charge in [-0.1, -0.05) is 18.2 Å². The number of nitrogens with zero attached hydrogens (tertiary/aromatic N) is 4. The number of nitrogens with one attached hydrogen (secondary N) is 1. The van der Waals surface area contributed by atoms with Gasteiger partial charge in [0, 0.05) is 7.11 Å². The second-order valence-electron chi connectivity index (χ2n) is 4.33. The largest absolute Gasteiger partial charge is 0.384 e. The van der Waals surface area contributed by atoms with E-state index < -0.39 is 0 Å². The maximum absolute atomic E-state index is 5.14. The molecule has 0 amide bonds. The van der Waals surface area contributed by atoms with Crippen LogP contribution in [0.1, 0.15) is 24.4 Å². The summed E-state index contributed by atoms with van der Waals surface area (Å²) < 4.78 is 6.93. The molecular weight excluding hydrogens is 242 g/mol. The monoisotopic (exact) mass is 261 g/mol. The average Bonchev–Trinajstić information content (AvgIpc) is 2.93. The lowest BCUT2D eigenvalue weighted by Crippen LogP contribution is -2.18. The van der Waals surface area contributed by atoms with Crippen LogP contribution in [0.4, 0.5) is 0 Å². The second-order valence-corrected chi connectivity index (χ2v) is 4.33. The van der Waals surface area contributed by atoms with Crippen molar-refractivity contribution in [2.75, 3.05) is 20.8 Å². The number of hydrogen-bond donors (Lipinski definition) is 1. The third-order valence-corrected chi connectivity index (χ3v) is 3.11. The average molecular weight is 261 g/mol. The number of para-hydroxylation sites is 1. The van der Waals surface area contributed by atoms with E-state index in [1.54, 1.807) is 11.8 Å². The number of methoxy groups -OCH3 is 1. The van der Waals surface area contributed by atoms with Crippen molar-refractivity contribution in [3.63, 3.8) is 0 Å². The van der Waals surface area contributed by atoms with Gasteiger partial charge < -0.3 is 10.1 Å². The quantitative estimate of drug-likeness (QED) is 0.844. The first-order valence-electron chi connectivity index (χ1n) is 6.30. The standard InChI is InChI=1S/C13H19N5O/c1-10(14-2)13-15-16-17-18(13)12-7-5-4-6-11(12)8-9-19-3/h4-7,10,14H,8-9H2,1-3H3. The third-order valence-electron chi connectivity index (χ3n) is 3.11. The number of tetrazole rings is 1. The van der Waals surface area contributed by atoms with Crippen molar-refractivity contribution in [2.45, 2.75) is 19.4 Å². The summed E-state index contributed by atoms with van der Waals surface area (Å²) in [6, 6.07) is 8.18. The Morgan fingerprint density at radius 2 is 2.16 bits per heavy atom. The molecule has 1 aromatic heterocycles. The van der Waals surface area contributed by atoms with Crippen molar-refractivity contribution in [1.82, 2.24) is 25.5 Å². The van der Waals surface area contributed by atoms with E-state index in [1.165, 1.54) is 5.56 Å². The molecule has 1 N–H and O–H groups in total. The topological polar surface area (TPSA) is 64.9 Å². The fourth-order valence-electron chi connectivity index (χ4n) is 1.91. The van der Waals surface area contributed by atoms with E-state index in [0.29, 0.717) is 6.61 Å². The van der Waals surface area contributed by atoms with Crippen LogP contribution >= 0.6 is 0 Å². The van der Waals surface area contributed by atoms with E-state index >= 15 is 0 Å². The molecule has 0 radical (unpaired) electrons.